The molecule has 2 heterocycles. The monoisotopic (exact) mass is 476 g/mol. The van der Waals surface area contributed by atoms with Crippen molar-refractivity contribution in [3.8, 4) is 0 Å². The molecule has 1 aliphatic rings. The van der Waals surface area contributed by atoms with Crippen LogP contribution in [0.25, 0.3) is 0 Å². The number of aryl methyl sites for hydroxylation is 4. The summed E-state index contributed by atoms with van der Waals surface area (Å²) in [5.41, 5.74) is 5.57. The number of esters is 1. The first-order valence-corrected chi connectivity index (χ1v) is 12.1. The normalized spacial score (nSPS) is 17.6. The molecule has 34 heavy (non-hydrogen) atoms. The van der Waals surface area contributed by atoms with Crippen molar-refractivity contribution in [2.24, 2.45) is 5.92 Å². The number of carbonyl (C=O) groups is 3. The van der Waals surface area contributed by atoms with Gasteiger partial charge in [0.2, 0.25) is 5.91 Å². The highest BCUT2D eigenvalue weighted by Gasteiger charge is 2.46. The number of hydrogen-bond donors (Lipinski definition) is 1. The van der Waals surface area contributed by atoms with Crippen LogP contribution >= 0.6 is 11.3 Å². The third-order valence-corrected chi connectivity index (χ3v) is 7.00. The number of thiophene rings is 1. The first kappa shape index (κ1) is 23.7. The summed E-state index contributed by atoms with van der Waals surface area (Å²) < 4.78 is 5.42. The number of ether oxygens (including phenoxy) is 1. The zero-order valence-corrected chi connectivity index (χ0v) is 20.6. The summed E-state index contributed by atoms with van der Waals surface area (Å²) in [5, 5.41) is 4.77. The van der Waals surface area contributed by atoms with E-state index in [0.29, 0.717) is 0 Å². The van der Waals surface area contributed by atoms with E-state index in [0.717, 1.165) is 38.5 Å². The fourth-order valence-corrected chi connectivity index (χ4v) is 5.42. The van der Waals surface area contributed by atoms with Crippen LogP contribution in [-0.4, -0.2) is 24.4 Å². The van der Waals surface area contributed by atoms with Crippen molar-refractivity contribution in [3.63, 3.8) is 0 Å². The minimum atomic E-state index is -0.692. The van der Waals surface area contributed by atoms with Crippen LogP contribution in [0.1, 0.15) is 39.6 Å². The van der Waals surface area contributed by atoms with Gasteiger partial charge in [0.15, 0.2) is 6.61 Å². The summed E-state index contributed by atoms with van der Waals surface area (Å²) >= 11 is 1.49. The molecule has 0 aliphatic carbocycles. The maximum absolute atomic E-state index is 13.1. The number of nitrogens with one attached hydrogen (secondary N) is 1. The Hall–Kier alpha value is -3.45. The average molecular weight is 477 g/mol. The Balaban J connectivity index is 1.49. The molecule has 7 heteroatoms. The molecule has 2 amide bonds. The van der Waals surface area contributed by atoms with E-state index in [-0.39, 0.29) is 12.3 Å². The van der Waals surface area contributed by atoms with Crippen molar-refractivity contribution in [2.75, 3.05) is 16.8 Å². The number of benzene rings is 2. The molecule has 0 radical (unpaired) electrons. The highest BCUT2D eigenvalue weighted by molar-refractivity contribution is 7.10. The topological polar surface area (TPSA) is 75.7 Å². The first-order chi connectivity index (χ1) is 16.2. The number of nitrogens with zero attached hydrogens (tertiary/aromatic N) is 1. The summed E-state index contributed by atoms with van der Waals surface area (Å²) in [7, 11) is 0. The van der Waals surface area contributed by atoms with Gasteiger partial charge in [-0.25, -0.2) is 0 Å². The van der Waals surface area contributed by atoms with Gasteiger partial charge in [-0.2, -0.15) is 0 Å². The van der Waals surface area contributed by atoms with Crippen LogP contribution in [0, 0.1) is 33.6 Å². The van der Waals surface area contributed by atoms with Crippen molar-refractivity contribution in [1.29, 1.82) is 0 Å². The summed E-state index contributed by atoms with van der Waals surface area (Å²) in [6, 6.07) is 15.0. The Bertz CT molecular complexity index is 1190. The number of rotatable bonds is 6. The Labute approximate surface area is 203 Å². The van der Waals surface area contributed by atoms with E-state index in [1.54, 1.807) is 4.90 Å². The van der Waals surface area contributed by atoms with E-state index >= 15 is 0 Å². The van der Waals surface area contributed by atoms with Gasteiger partial charge in [0.05, 0.1) is 12.0 Å². The smallest absolute Gasteiger partial charge is 0.312 e. The quantitative estimate of drug-likeness (QED) is 0.493. The van der Waals surface area contributed by atoms with Crippen molar-refractivity contribution in [3.05, 3.63) is 81.0 Å². The maximum atomic E-state index is 13.1. The van der Waals surface area contributed by atoms with Gasteiger partial charge in [-0.15, -0.1) is 11.3 Å². The molecule has 1 N–H and O–H groups in total. The molecule has 4 rings (SSSR count). The third-order valence-electron chi connectivity index (χ3n) is 6.06. The van der Waals surface area contributed by atoms with Gasteiger partial charge in [-0.05, 0) is 62.4 Å². The Kier molecular flexibility index (Phi) is 6.84. The first-order valence-electron chi connectivity index (χ1n) is 11.2. The lowest BCUT2D eigenvalue weighted by Crippen LogP contribution is -2.31. The summed E-state index contributed by atoms with van der Waals surface area (Å²) in [4.78, 5) is 41.2. The van der Waals surface area contributed by atoms with Gasteiger partial charge >= 0.3 is 5.97 Å². The molecule has 1 aliphatic heterocycles. The maximum Gasteiger partial charge on any atom is 0.312 e. The SMILES string of the molecule is Cc1ccc(N2C(=O)C[C@@H](C(=O)OCC(=O)Nc3c(C)cc(C)cc3C)[C@@H]2c2cccs2)cc1. The molecule has 1 fully saturated rings. The second-order valence-electron chi connectivity index (χ2n) is 8.80. The molecule has 0 unspecified atom stereocenters. The van der Waals surface area contributed by atoms with Crippen molar-refractivity contribution in [2.45, 2.75) is 40.2 Å². The number of amides is 2. The summed E-state index contributed by atoms with van der Waals surface area (Å²) in [6.45, 7) is 7.43. The van der Waals surface area contributed by atoms with Crippen LogP contribution in [0.2, 0.25) is 0 Å². The molecular weight excluding hydrogens is 448 g/mol. The molecule has 6 nitrogen and oxygen atoms in total. The fraction of sp³-hybridized carbons (Fsp3) is 0.296. The van der Waals surface area contributed by atoms with Crippen LogP contribution < -0.4 is 10.2 Å². The lowest BCUT2D eigenvalue weighted by Gasteiger charge is -2.27. The van der Waals surface area contributed by atoms with Gasteiger partial charge in [-0.3, -0.25) is 14.4 Å². The number of hydrogen-bond acceptors (Lipinski definition) is 5. The van der Waals surface area contributed by atoms with Crippen molar-refractivity contribution < 1.29 is 19.1 Å². The van der Waals surface area contributed by atoms with Crippen LogP contribution in [-0.2, 0) is 19.1 Å². The van der Waals surface area contributed by atoms with Gasteiger partial charge in [-0.1, -0.05) is 41.5 Å². The third kappa shape index (κ3) is 4.89. The van der Waals surface area contributed by atoms with Crippen LogP contribution in [0.3, 0.4) is 0 Å². The van der Waals surface area contributed by atoms with Crippen molar-refractivity contribution in [1.82, 2.24) is 0 Å². The molecule has 0 saturated carbocycles. The molecule has 2 atom stereocenters. The van der Waals surface area contributed by atoms with Crippen molar-refractivity contribution >= 4 is 40.5 Å². The standard InChI is InChI=1S/C27H28N2O4S/c1-16-7-9-20(10-8-16)29-24(31)14-21(26(29)22-6-5-11-34-22)27(32)33-15-23(30)28-25-18(3)12-17(2)13-19(25)4/h5-13,21,26H,14-15H2,1-4H3,(H,28,30)/t21-,26-/m1/s1. The Morgan fingerprint density at radius 2 is 1.71 bits per heavy atom. The van der Waals surface area contributed by atoms with Gasteiger partial charge in [0, 0.05) is 22.7 Å². The molecule has 2 aromatic carbocycles. The largest absolute Gasteiger partial charge is 0.455 e. The van der Waals surface area contributed by atoms with Gasteiger partial charge < -0.3 is 15.0 Å². The Morgan fingerprint density at radius 3 is 2.32 bits per heavy atom. The minimum absolute atomic E-state index is 0.0348. The van der Waals surface area contributed by atoms with E-state index in [2.05, 4.69) is 5.32 Å². The molecule has 1 aromatic heterocycles. The van der Waals surface area contributed by atoms with Crippen LogP contribution in [0.4, 0.5) is 11.4 Å². The summed E-state index contributed by atoms with van der Waals surface area (Å²) in [6.07, 6.45) is 0.0348. The lowest BCUT2D eigenvalue weighted by molar-refractivity contribution is -0.152. The lowest BCUT2D eigenvalue weighted by atomic mass is 9.99. The fourth-order valence-electron chi connectivity index (χ4n) is 4.54. The summed E-state index contributed by atoms with van der Waals surface area (Å²) in [5.74, 6) is -1.78. The average Bonchev–Trinajstić information content (AvgIpc) is 3.43. The van der Waals surface area contributed by atoms with Gasteiger partial charge in [0.25, 0.3) is 5.91 Å². The van der Waals surface area contributed by atoms with E-state index < -0.39 is 30.4 Å². The van der Waals surface area contributed by atoms with E-state index in [1.165, 1.54) is 11.3 Å². The molecule has 0 spiro atoms. The molecule has 176 valence electrons. The van der Waals surface area contributed by atoms with E-state index in [9.17, 15) is 14.4 Å². The van der Waals surface area contributed by atoms with E-state index in [4.69, 9.17) is 4.74 Å². The van der Waals surface area contributed by atoms with Gasteiger partial charge in [0.1, 0.15) is 0 Å². The molecule has 0 bridgehead atoms. The van der Waals surface area contributed by atoms with Crippen LogP contribution in [0.15, 0.2) is 53.9 Å². The second kappa shape index (κ2) is 9.81. The molecule has 3 aromatic rings. The highest BCUT2D eigenvalue weighted by atomic mass is 32.1. The molecule has 1 saturated heterocycles. The zero-order chi connectivity index (χ0) is 24.4. The number of anilines is 2. The highest BCUT2D eigenvalue weighted by Crippen LogP contribution is 2.43. The predicted molar refractivity (Wildman–Crippen MR) is 134 cm³/mol. The zero-order valence-electron chi connectivity index (χ0n) is 19.8. The number of carbonyl (C=O) groups excluding carboxylic acids is 3. The van der Waals surface area contributed by atoms with Crippen LogP contribution in [0.5, 0.6) is 0 Å². The Morgan fingerprint density at radius 1 is 1.03 bits per heavy atom. The predicted octanol–water partition coefficient (Wildman–Crippen LogP) is 5.26. The molecular formula is C27H28N2O4S. The minimum Gasteiger partial charge on any atom is -0.455 e. The second-order valence-corrected chi connectivity index (χ2v) is 9.78. The van der Waals surface area contributed by atoms with E-state index in [1.807, 2.05) is 81.6 Å².